The summed E-state index contributed by atoms with van der Waals surface area (Å²) in [5.41, 5.74) is 2.59. The highest BCUT2D eigenvalue weighted by molar-refractivity contribution is 6.31. The first-order chi connectivity index (χ1) is 9.11. The molecule has 2 N–H and O–H groups in total. The van der Waals surface area contributed by atoms with Gasteiger partial charge >= 0.3 is 0 Å². The molecule has 5 heteroatoms. The number of aryl methyl sites for hydroxylation is 2. The van der Waals surface area contributed by atoms with E-state index in [0.717, 1.165) is 17.0 Å². The third kappa shape index (κ3) is 3.22. The van der Waals surface area contributed by atoms with Gasteiger partial charge in [-0.25, -0.2) is 9.97 Å². The van der Waals surface area contributed by atoms with E-state index in [1.807, 2.05) is 44.2 Å². The van der Waals surface area contributed by atoms with Gasteiger partial charge in [0.2, 0.25) is 0 Å². The second-order valence-corrected chi connectivity index (χ2v) is 4.68. The molecule has 1 atom stereocenters. The predicted octanol–water partition coefficient (Wildman–Crippen LogP) is 2.89. The van der Waals surface area contributed by atoms with Crippen molar-refractivity contribution in [3.63, 3.8) is 0 Å². The summed E-state index contributed by atoms with van der Waals surface area (Å²) in [5.74, 6) is 0.493. The quantitative estimate of drug-likeness (QED) is 0.902. The van der Waals surface area contributed by atoms with Crippen LogP contribution < -0.4 is 5.32 Å². The normalized spacial score (nSPS) is 12.2. The molecule has 0 aliphatic rings. The molecule has 0 amide bonds. The van der Waals surface area contributed by atoms with Crippen LogP contribution in [0, 0.1) is 13.8 Å². The van der Waals surface area contributed by atoms with Crippen molar-refractivity contribution in [2.24, 2.45) is 0 Å². The molecular weight excluding hydrogens is 262 g/mol. The Bertz CT molecular complexity index is 560. The van der Waals surface area contributed by atoms with Gasteiger partial charge in [0.25, 0.3) is 0 Å². The summed E-state index contributed by atoms with van der Waals surface area (Å²) in [6, 6.07) is 9.41. The van der Waals surface area contributed by atoms with Crippen molar-refractivity contribution in [2.45, 2.75) is 19.9 Å². The number of nitrogens with one attached hydrogen (secondary N) is 1. The number of hydrogen-bond acceptors (Lipinski definition) is 4. The van der Waals surface area contributed by atoms with Gasteiger partial charge in [0, 0.05) is 0 Å². The number of hydrogen-bond donors (Lipinski definition) is 2. The van der Waals surface area contributed by atoms with Crippen LogP contribution in [0.1, 0.15) is 23.0 Å². The fourth-order valence-electron chi connectivity index (χ4n) is 1.75. The highest BCUT2D eigenvalue weighted by atomic mass is 35.5. The van der Waals surface area contributed by atoms with Crippen LogP contribution in [0.25, 0.3) is 0 Å². The number of nitrogens with zero attached hydrogens (tertiary/aromatic N) is 2. The molecule has 1 aromatic carbocycles. The third-order valence-corrected chi connectivity index (χ3v) is 3.22. The Morgan fingerprint density at radius 3 is 2.42 bits per heavy atom. The Balaban J connectivity index is 2.26. The van der Waals surface area contributed by atoms with Crippen molar-refractivity contribution in [1.29, 1.82) is 0 Å². The van der Waals surface area contributed by atoms with Crippen LogP contribution in [0.4, 0.5) is 5.82 Å². The monoisotopic (exact) mass is 277 g/mol. The van der Waals surface area contributed by atoms with E-state index in [9.17, 15) is 5.11 Å². The number of anilines is 1. The first-order valence-electron chi connectivity index (χ1n) is 6.05. The molecule has 0 aliphatic carbocycles. The molecule has 0 saturated heterocycles. The standard InChI is InChI=1S/C14H16ClN3O/c1-9-10(2)17-14(13(15)16-9)18-12(8-19)11-6-4-3-5-7-11/h3-7,12,19H,8H2,1-2H3,(H,17,18). The lowest BCUT2D eigenvalue weighted by Gasteiger charge is -2.18. The first kappa shape index (κ1) is 13.8. The maximum Gasteiger partial charge on any atom is 0.171 e. The van der Waals surface area contributed by atoms with Crippen LogP contribution in [0.15, 0.2) is 30.3 Å². The summed E-state index contributed by atoms with van der Waals surface area (Å²) >= 11 is 6.07. The van der Waals surface area contributed by atoms with Crippen molar-refractivity contribution < 1.29 is 5.11 Å². The molecule has 1 aromatic heterocycles. The van der Waals surface area contributed by atoms with Gasteiger partial charge in [-0.3, -0.25) is 0 Å². The van der Waals surface area contributed by atoms with Crippen LogP contribution in [-0.2, 0) is 0 Å². The van der Waals surface area contributed by atoms with Crippen molar-refractivity contribution in [3.05, 3.63) is 52.4 Å². The number of aliphatic hydroxyl groups is 1. The number of aromatic nitrogens is 2. The fourth-order valence-corrected chi connectivity index (χ4v) is 1.98. The minimum Gasteiger partial charge on any atom is -0.394 e. The highest BCUT2D eigenvalue weighted by Gasteiger charge is 2.14. The maximum absolute atomic E-state index is 9.50. The Morgan fingerprint density at radius 2 is 1.79 bits per heavy atom. The number of benzene rings is 1. The maximum atomic E-state index is 9.50. The lowest BCUT2D eigenvalue weighted by atomic mass is 10.1. The van der Waals surface area contributed by atoms with Crippen molar-refractivity contribution in [3.8, 4) is 0 Å². The Kier molecular flexibility index (Phi) is 4.35. The van der Waals surface area contributed by atoms with Gasteiger partial charge in [-0.05, 0) is 19.4 Å². The number of halogens is 1. The van der Waals surface area contributed by atoms with E-state index in [0.29, 0.717) is 11.0 Å². The third-order valence-electron chi connectivity index (χ3n) is 2.96. The van der Waals surface area contributed by atoms with E-state index in [4.69, 9.17) is 11.6 Å². The summed E-state index contributed by atoms with van der Waals surface area (Å²) in [5, 5.41) is 12.9. The molecule has 0 spiro atoms. The van der Waals surface area contributed by atoms with Gasteiger partial charge in [0.15, 0.2) is 11.0 Å². The first-order valence-corrected chi connectivity index (χ1v) is 6.42. The summed E-state index contributed by atoms with van der Waals surface area (Å²) < 4.78 is 0. The summed E-state index contributed by atoms with van der Waals surface area (Å²) in [6.07, 6.45) is 0. The number of aliphatic hydroxyl groups excluding tert-OH is 1. The molecule has 0 saturated carbocycles. The second-order valence-electron chi connectivity index (χ2n) is 4.32. The fraction of sp³-hybridized carbons (Fsp3) is 0.286. The molecule has 0 radical (unpaired) electrons. The van der Waals surface area contributed by atoms with E-state index in [1.54, 1.807) is 0 Å². The van der Waals surface area contributed by atoms with Crippen LogP contribution in [-0.4, -0.2) is 21.7 Å². The zero-order valence-corrected chi connectivity index (χ0v) is 11.6. The molecule has 1 unspecified atom stereocenters. The molecule has 19 heavy (non-hydrogen) atoms. The molecule has 4 nitrogen and oxygen atoms in total. The van der Waals surface area contributed by atoms with Crippen molar-refractivity contribution >= 4 is 17.4 Å². The van der Waals surface area contributed by atoms with Gasteiger partial charge in [-0.2, -0.15) is 0 Å². The average molecular weight is 278 g/mol. The largest absolute Gasteiger partial charge is 0.394 e. The molecule has 100 valence electrons. The predicted molar refractivity (Wildman–Crippen MR) is 76.4 cm³/mol. The van der Waals surface area contributed by atoms with Crippen molar-refractivity contribution in [1.82, 2.24) is 9.97 Å². The molecule has 0 aliphatic heterocycles. The highest BCUT2D eigenvalue weighted by Crippen LogP contribution is 2.23. The zero-order chi connectivity index (χ0) is 13.8. The van der Waals surface area contributed by atoms with Gasteiger partial charge in [-0.1, -0.05) is 41.9 Å². The zero-order valence-electron chi connectivity index (χ0n) is 10.9. The van der Waals surface area contributed by atoms with Crippen LogP contribution >= 0.6 is 11.6 Å². The van der Waals surface area contributed by atoms with Gasteiger partial charge in [0.1, 0.15) is 0 Å². The summed E-state index contributed by atoms with van der Waals surface area (Å²) in [6.45, 7) is 3.69. The van der Waals surface area contributed by atoms with Crippen LogP contribution in [0.5, 0.6) is 0 Å². The molecule has 0 fully saturated rings. The molecule has 1 heterocycles. The van der Waals surface area contributed by atoms with E-state index in [2.05, 4.69) is 15.3 Å². The van der Waals surface area contributed by atoms with Gasteiger partial charge < -0.3 is 10.4 Å². The van der Waals surface area contributed by atoms with E-state index >= 15 is 0 Å². The van der Waals surface area contributed by atoms with Gasteiger partial charge in [0.05, 0.1) is 24.0 Å². The van der Waals surface area contributed by atoms with Crippen molar-refractivity contribution in [2.75, 3.05) is 11.9 Å². The molecular formula is C14H16ClN3O. The summed E-state index contributed by atoms with van der Waals surface area (Å²) in [7, 11) is 0. The van der Waals surface area contributed by atoms with E-state index in [1.165, 1.54) is 0 Å². The molecule has 2 aromatic rings. The number of rotatable bonds is 4. The van der Waals surface area contributed by atoms with Gasteiger partial charge in [-0.15, -0.1) is 0 Å². The molecule has 0 bridgehead atoms. The minimum absolute atomic E-state index is 0.0467. The second kappa shape index (κ2) is 5.99. The Hall–Kier alpha value is -1.65. The van der Waals surface area contributed by atoms with Crippen LogP contribution in [0.3, 0.4) is 0 Å². The topological polar surface area (TPSA) is 58.0 Å². The lowest BCUT2D eigenvalue weighted by molar-refractivity contribution is 0.276. The SMILES string of the molecule is Cc1nc(Cl)c(NC(CO)c2ccccc2)nc1C. The minimum atomic E-state index is -0.255. The summed E-state index contributed by atoms with van der Waals surface area (Å²) in [4.78, 5) is 8.58. The Morgan fingerprint density at radius 1 is 1.16 bits per heavy atom. The smallest absolute Gasteiger partial charge is 0.171 e. The average Bonchev–Trinajstić information content (AvgIpc) is 2.42. The lowest BCUT2D eigenvalue weighted by Crippen LogP contribution is -2.16. The van der Waals surface area contributed by atoms with E-state index < -0.39 is 0 Å². The van der Waals surface area contributed by atoms with E-state index in [-0.39, 0.29) is 12.6 Å². The molecule has 2 rings (SSSR count). The van der Waals surface area contributed by atoms with Crippen LogP contribution in [0.2, 0.25) is 5.15 Å². The Labute approximate surface area is 117 Å².